The van der Waals surface area contributed by atoms with Crippen molar-refractivity contribution >= 4 is 27.6 Å². The molecule has 0 atom stereocenters. The molecule has 0 radical (unpaired) electrons. The van der Waals surface area contributed by atoms with E-state index in [-0.39, 0.29) is 12.4 Å². The predicted octanol–water partition coefficient (Wildman–Crippen LogP) is 2.78. The van der Waals surface area contributed by atoms with Gasteiger partial charge in [-0.15, -0.1) is 5.10 Å². The first-order chi connectivity index (χ1) is 15.1. The summed E-state index contributed by atoms with van der Waals surface area (Å²) < 4.78 is 19.6. The number of Topliss-reactive ketones (excluding diaryl/α,β-unsaturated/α-hetero) is 1. The van der Waals surface area contributed by atoms with Crippen LogP contribution in [0.25, 0.3) is 21.9 Å². The number of carbonyl (C=O) groups is 1. The summed E-state index contributed by atoms with van der Waals surface area (Å²) in [5.74, 6) is 0.776. The molecule has 0 aromatic carbocycles. The van der Waals surface area contributed by atoms with Crippen LogP contribution in [-0.2, 0) is 0 Å². The predicted molar refractivity (Wildman–Crippen MR) is 112 cm³/mol. The quantitative estimate of drug-likeness (QED) is 0.359. The van der Waals surface area contributed by atoms with Crippen LogP contribution in [0.4, 0.5) is 0 Å². The molecule has 0 aliphatic carbocycles. The van der Waals surface area contributed by atoms with Crippen LogP contribution in [0.5, 0.6) is 16.7 Å². The number of ether oxygens (including phenoxy) is 3. The number of imidazole rings is 1. The van der Waals surface area contributed by atoms with Crippen LogP contribution in [-0.4, -0.2) is 55.8 Å². The fourth-order valence-electron chi connectivity index (χ4n) is 3.02. The number of methoxy groups -OCH3 is 2. The smallest absolute Gasteiger partial charge is 0.294 e. The second-order valence-corrected chi connectivity index (χ2v) is 7.37. The molecule has 10 nitrogen and oxygen atoms in total. The minimum Gasteiger partial charge on any atom is -0.495 e. The fourth-order valence-corrected chi connectivity index (χ4v) is 3.72. The molecule has 0 saturated carbocycles. The molecule has 11 heteroatoms. The first-order valence-electron chi connectivity index (χ1n) is 9.19. The van der Waals surface area contributed by atoms with E-state index in [1.54, 1.807) is 66.1 Å². The number of pyridine rings is 2. The van der Waals surface area contributed by atoms with Gasteiger partial charge in [-0.05, 0) is 29.5 Å². The van der Waals surface area contributed by atoms with Gasteiger partial charge >= 0.3 is 0 Å². The Kier molecular flexibility index (Phi) is 4.71. The van der Waals surface area contributed by atoms with Crippen LogP contribution in [0, 0.1) is 0 Å². The summed E-state index contributed by atoms with van der Waals surface area (Å²) in [7, 11) is 3.12. The van der Waals surface area contributed by atoms with E-state index in [0.29, 0.717) is 44.3 Å². The molecule has 0 bridgehead atoms. The van der Waals surface area contributed by atoms with E-state index in [2.05, 4.69) is 20.2 Å². The van der Waals surface area contributed by atoms with Gasteiger partial charge in [0.05, 0.1) is 26.6 Å². The van der Waals surface area contributed by atoms with Gasteiger partial charge < -0.3 is 14.2 Å². The average Bonchev–Trinajstić information content (AvgIpc) is 3.50. The molecular weight excluding hydrogens is 420 g/mol. The van der Waals surface area contributed by atoms with E-state index in [0.717, 1.165) is 0 Å². The third-order valence-corrected chi connectivity index (χ3v) is 5.40. The van der Waals surface area contributed by atoms with Crippen molar-refractivity contribution in [3.63, 3.8) is 0 Å². The lowest BCUT2D eigenvalue weighted by molar-refractivity contribution is 0.0917. The maximum absolute atomic E-state index is 12.4. The highest BCUT2D eigenvalue weighted by Crippen LogP contribution is 2.30. The monoisotopic (exact) mass is 436 g/mol. The molecule has 0 spiro atoms. The number of ketones is 1. The number of hydrogen-bond acceptors (Lipinski definition) is 9. The van der Waals surface area contributed by atoms with Crippen molar-refractivity contribution in [2.45, 2.75) is 0 Å². The first kappa shape index (κ1) is 19.0. The molecule has 0 fully saturated rings. The van der Waals surface area contributed by atoms with Crippen molar-refractivity contribution < 1.29 is 19.0 Å². The van der Waals surface area contributed by atoms with Gasteiger partial charge in [-0.2, -0.15) is 5.10 Å². The average molecular weight is 436 g/mol. The zero-order valence-electron chi connectivity index (χ0n) is 16.6. The third-order valence-electron chi connectivity index (χ3n) is 4.52. The Morgan fingerprint density at radius 1 is 1.06 bits per heavy atom. The van der Waals surface area contributed by atoms with Crippen LogP contribution < -0.4 is 14.2 Å². The SMILES string of the molecule is COc1cc(OCC(=O)c2ccccn2)c2cc(-c3cn4nc(OC)sc4n3)nn2c1. The van der Waals surface area contributed by atoms with Gasteiger partial charge in [-0.25, -0.2) is 14.0 Å². The van der Waals surface area contributed by atoms with E-state index < -0.39 is 0 Å². The topological polar surface area (TPSA) is 105 Å². The highest BCUT2D eigenvalue weighted by Gasteiger charge is 2.17. The van der Waals surface area contributed by atoms with E-state index in [1.165, 1.54) is 11.3 Å². The van der Waals surface area contributed by atoms with Crippen molar-refractivity contribution in [2.24, 2.45) is 0 Å². The van der Waals surface area contributed by atoms with Gasteiger partial charge in [0.25, 0.3) is 5.19 Å². The number of rotatable bonds is 7. The maximum Gasteiger partial charge on any atom is 0.294 e. The highest BCUT2D eigenvalue weighted by molar-refractivity contribution is 7.18. The number of hydrogen-bond donors (Lipinski definition) is 0. The number of fused-ring (bicyclic) bond motifs is 2. The van der Waals surface area contributed by atoms with E-state index in [1.807, 2.05) is 6.07 Å². The molecule has 5 heterocycles. The molecule has 156 valence electrons. The Balaban J connectivity index is 1.48. The number of aromatic nitrogens is 6. The van der Waals surface area contributed by atoms with E-state index >= 15 is 0 Å². The second-order valence-electron chi connectivity index (χ2n) is 6.46. The van der Waals surface area contributed by atoms with Crippen molar-refractivity contribution in [3.8, 4) is 28.1 Å². The fraction of sp³-hybridized carbons (Fsp3) is 0.150. The Bertz CT molecular complexity index is 1360. The Labute approximate surface area is 179 Å². The molecule has 0 aliphatic heterocycles. The summed E-state index contributed by atoms with van der Waals surface area (Å²) in [6.07, 6.45) is 5.07. The Morgan fingerprint density at radius 2 is 1.97 bits per heavy atom. The zero-order valence-corrected chi connectivity index (χ0v) is 17.4. The molecule has 0 aliphatic rings. The van der Waals surface area contributed by atoms with Gasteiger partial charge in [0.2, 0.25) is 10.7 Å². The summed E-state index contributed by atoms with van der Waals surface area (Å²) in [4.78, 5) is 21.7. The summed E-state index contributed by atoms with van der Waals surface area (Å²) in [6.45, 7) is -0.162. The first-order valence-corrected chi connectivity index (χ1v) is 10.0. The molecule has 0 saturated heterocycles. The molecule has 5 aromatic rings. The summed E-state index contributed by atoms with van der Waals surface area (Å²) in [6, 6.07) is 8.71. The largest absolute Gasteiger partial charge is 0.495 e. The van der Waals surface area contributed by atoms with Gasteiger partial charge in [-0.3, -0.25) is 9.78 Å². The van der Waals surface area contributed by atoms with E-state index in [9.17, 15) is 4.79 Å². The normalized spacial score (nSPS) is 11.2. The standard InChI is InChI=1S/C20H16N6O4S/c1-28-12-7-18(30-11-17(27)13-5-3-4-6-21-13)16-8-14(23-25(16)9-12)15-10-26-19(22-15)31-20(24-26)29-2/h3-10H,11H2,1-2H3. The van der Waals surface area contributed by atoms with Crippen molar-refractivity contribution in [3.05, 3.63) is 54.6 Å². The summed E-state index contributed by atoms with van der Waals surface area (Å²) in [5.41, 5.74) is 2.30. The van der Waals surface area contributed by atoms with Gasteiger partial charge in [0.15, 0.2) is 6.61 Å². The van der Waals surface area contributed by atoms with Crippen LogP contribution in [0.3, 0.4) is 0 Å². The third kappa shape index (κ3) is 3.55. The van der Waals surface area contributed by atoms with Crippen molar-refractivity contribution in [1.82, 2.24) is 29.2 Å². The number of nitrogens with zero attached hydrogens (tertiary/aromatic N) is 6. The lowest BCUT2D eigenvalue weighted by Crippen LogP contribution is -2.13. The van der Waals surface area contributed by atoms with Gasteiger partial charge in [0.1, 0.15) is 34.1 Å². The highest BCUT2D eigenvalue weighted by atomic mass is 32.1. The minimum atomic E-state index is -0.226. The van der Waals surface area contributed by atoms with Crippen LogP contribution >= 0.6 is 11.3 Å². The maximum atomic E-state index is 12.4. The summed E-state index contributed by atoms with van der Waals surface area (Å²) >= 11 is 1.33. The van der Waals surface area contributed by atoms with Crippen LogP contribution in [0.1, 0.15) is 10.5 Å². The number of carbonyl (C=O) groups excluding carboxylic acids is 1. The second kappa shape index (κ2) is 7.69. The lowest BCUT2D eigenvalue weighted by atomic mass is 10.2. The molecular formula is C20H16N6O4S. The van der Waals surface area contributed by atoms with Gasteiger partial charge in [0, 0.05) is 12.3 Å². The Hall–Kier alpha value is -3.99. The molecule has 0 N–H and O–H groups in total. The molecule has 31 heavy (non-hydrogen) atoms. The minimum absolute atomic E-state index is 0.162. The Morgan fingerprint density at radius 3 is 2.71 bits per heavy atom. The summed E-state index contributed by atoms with van der Waals surface area (Å²) in [5, 5.41) is 9.40. The van der Waals surface area contributed by atoms with Gasteiger partial charge in [-0.1, -0.05) is 6.07 Å². The zero-order chi connectivity index (χ0) is 21.4. The van der Waals surface area contributed by atoms with Crippen LogP contribution in [0.2, 0.25) is 0 Å². The molecule has 0 unspecified atom stereocenters. The van der Waals surface area contributed by atoms with Crippen molar-refractivity contribution in [2.75, 3.05) is 20.8 Å². The van der Waals surface area contributed by atoms with Crippen LogP contribution in [0.15, 0.2) is 48.9 Å². The molecule has 5 aromatic heterocycles. The molecule has 0 amide bonds. The van der Waals surface area contributed by atoms with E-state index in [4.69, 9.17) is 14.2 Å². The lowest BCUT2D eigenvalue weighted by Gasteiger charge is -2.09. The van der Waals surface area contributed by atoms with Crippen molar-refractivity contribution in [1.29, 1.82) is 0 Å². The molecule has 5 rings (SSSR count).